The first-order valence-electron chi connectivity index (χ1n) is 18.8. The zero-order chi connectivity index (χ0) is 42.1. The SMILES string of the molecule is N#Cc1cccc2c1CN(C1CCC(=O)NC1=O)C2=O.NCc1cccc2c1CN(C1CCC(=O)NC1=O)C2=O.O=C1CCC(N2Cc3c(Br)cccc3C2=O)C(=O)N1. The monoisotopic (exact) mass is 864 g/mol. The Bertz CT molecular complexity index is 2410. The number of halogens is 1. The lowest BCUT2D eigenvalue weighted by Crippen LogP contribution is -2.52. The average Bonchev–Trinajstić information content (AvgIpc) is 3.86. The van der Waals surface area contributed by atoms with Gasteiger partial charge in [0.25, 0.3) is 17.7 Å². The van der Waals surface area contributed by atoms with E-state index < -0.39 is 29.9 Å². The van der Waals surface area contributed by atoms with Gasteiger partial charge in [0.1, 0.15) is 18.1 Å². The lowest BCUT2D eigenvalue weighted by atomic mass is 10.0. The molecule has 3 unspecified atom stereocenters. The van der Waals surface area contributed by atoms with Gasteiger partial charge in [-0.2, -0.15) is 5.26 Å². The Balaban J connectivity index is 0.000000134. The first-order chi connectivity index (χ1) is 28.3. The van der Waals surface area contributed by atoms with Gasteiger partial charge in [-0.05, 0) is 66.3 Å². The molecule has 9 rings (SSSR count). The molecule has 6 aliphatic heterocycles. The number of hydrogen-bond donors (Lipinski definition) is 4. The lowest BCUT2D eigenvalue weighted by Gasteiger charge is -2.29. The third-order valence-corrected chi connectivity index (χ3v) is 11.9. The van der Waals surface area contributed by atoms with Crippen molar-refractivity contribution in [3.8, 4) is 6.07 Å². The fourth-order valence-corrected chi connectivity index (χ4v) is 8.57. The number of nitrogens with two attached hydrogens (primary N) is 1. The number of carbonyl (C=O) groups is 9. The first-order valence-corrected chi connectivity index (χ1v) is 19.6. The number of hydrogen-bond acceptors (Lipinski definition) is 11. The molecule has 0 radical (unpaired) electrons. The highest BCUT2D eigenvalue weighted by atomic mass is 79.9. The van der Waals surface area contributed by atoms with Crippen LogP contribution in [0.15, 0.2) is 59.1 Å². The van der Waals surface area contributed by atoms with Crippen LogP contribution in [0.2, 0.25) is 0 Å². The molecule has 0 aliphatic carbocycles. The zero-order valence-electron chi connectivity index (χ0n) is 31.4. The molecule has 0 bridgehead atoms. The molecule has 3 aromatic rings. The van der Waals surface area contributed by atoms with Crippen molar-refractivity contribution in [2.24, 2.45) is 5.73 Å². The first kappa shape index (κ1) is 40.6. The lowest BCUT2D eigenvalue weighted by molar-refractivity contribution is -0.138. The van der Waals surface area contributed by atoms with Gasteiger partial charge >= 0.3 is 0 Å². The van der Waals surface area contributed by atoms with Gasteiger partial charge in [-0.1, -0.05) is 40.2 Å². The Morgan fingerprint density at radius 3 is 1.39 bits per heavy atom. The topological polar surface area (TPSA) is 249 Å². The van der Waals surface area contributed by atoms with E-state index in [0.29, 0.717) is 66.7 Å². The fourth-order valence-electron chi connectivity index (χ4n) is 8.08. The molecule has 3 atom stereocenters. The molecule has 18 heteroatoms. The number of nitrogens with zero attached hydrogens (tertiary/aromatic N) is 4. The number of fused-ring (bicyclic) bond motifs is 3. The number of benzene rings is 3. The van der Waals surface area contributed by atoms with E-state index in [-0.39, 0.29) is 67.2 Å². The van der Waals surface area contributed by atoms with Gasteiger partial charge in [-0.15, -0.1) is 0 Å². The normalized spacial score (nSPS) is 21.9. The Morgan fingerprint density at radius 2 is 0.966 bits per heavy atom. The summed E-state index contributed by atoms with van der Waals surface area (Å²) in [7, 11) is 0. The summed E-state index contributed by atoms with van der Waals surface area (Å²) in [4.78, 5) is 111. The molecule has 3 saturated heterocycles. The Kier molecular flexibility index (Phi) is 11.5. The maximum absolute atomic E-state index is 12.4. The maximum Gasteiger partial charge on any atom is 0.255 e. The molecule has 9 amide bonds. The second kappa shape index (κ2) is 16.7. The summed E-state index contributed by atoms with van der Waals surface area (Å²) >= 11 is 3.42. The quantitative estimate of drug-likeness (QED) is 0.273. The van der Waals surface area contributed by atoms with Gasteiger partial charge in [0.2, 0.25) is 35.4 Å². The fraction of sp³-hybridized carbons (Fsp3) is 0.317. The number of nitriles is 1. The smallest absolute Gasteiger partial charge is 0.255 e. The van der Waals surface area contributed by atoms with Crippen molar-refractivity contribution >= 4 is 69.1 Å². The minimum Gasteiger partial charge on any atom is -0.326 e. The van der Waals surface area contributed by atoms with Crippen molar-refractivity contribution < 1.29 is 43.2 Å². The van der Waals surface area contributed by atoms with E-state index in [1.165, 1.54) is 14.7 Å². The van der Waals surface area contributed by atoms with Crippen molar-refractivity contribution in [3.63, 3.8) is 0 Å². The third-order valence-electron chi connectivity index (χ3n) is 11.1. The van der Waals surface area contributed by atoms with Crippen LogP contribution < -0.4 is 21.7 Å². The van der Waals surface area contributed by atoms with Crippen LogP contribution in [-0.4, -0.2) is 86.0 Å². The van der Waals surface area contributed by atoms with E-state index in [1.54, 1.807) is 42.5 Å². The number of rotatable bonds is 4. The molecule has 59 heavy (non-hydrogen) atoms. The van der Waals surface area contributed by atoms with Crippen LogP contribution in [0.25, 0.3) is 0 Å². The van der Waals surface area contributed by atoms with Gasteiger partial charge in [-0.25, -0.2) is 0 Å². The van der Waals surface area contributed by atoms with Crippen LogP contribution in [0, 0.1) is 11.3 Å². The number of amides is 9. The standard InChI is InChI=1S/C14H15N3O3.C14H11N3O3.C13H11BrN2O3/c2*15-6-8-2-1-3-9-10(8)7-17(14(9)20)11-4-5-12(18)16-13(11)19;14-9-3-1-2-7-8(9)6-16(13(7)19)10-4-5-11(17)15-12(10)18/h1-3,11H,4-7,15H2,(H,16,18,19);1-3,11H,4-5,7H2,(H,16,18,19);1-3,10H,4-6H2,(H,15,17,18). The number of nitrogens with one attached hydrogen (secondary N) is 3. The summed E-state index contributed by atoms with van der Waals surface area (Å²) in [6, 6.07) is 16.1. The van der Waals surface area contributed by atoms with Gasteiger partial charge < -0.3 is 20.4 Å². The molecule has 5 N–H and O–H groups in total. The maximum atomic E-state index is 12.4. The molecule has 0 saturated carbocycles. The minimum atomic E-state index is -0.640. The van der Waals surface area contributed by atoms with Crippen molar-refractivity contribution in [1.82, 2.24) is 30.7 Å². The van der Waals surface area contributed by atoms with Crippen LogP contribution in [-0.2, 0) is 54.9 Å². The Hall–Kier alpha value is -6.58. The summed E-state index contributed by atoms with van der Waals surface area (Å²) in [5.74, 6) is -2.65. The second-order valence-corrected chi connectivity index (χ2v) is 15.4. The van der Waals surface area contributed by atoms with Gasteiger partial charge in [-0.3, -0.25) is 59.1 Å². The zero-order valence-corrected chi connectivity index (χ0v) is 33.0. The number of carbonyl (C=O) groups excluding carboxylic acids is 9. The van der Waals surface area contributed by atoms with Crippen LogP contribution in [0.4, 0.5) is 0 Å². The number of imide groups is 3. The Labute approximate surface area is 345 Å². The van der Waals surface area contributed by atoms with Crippen LogP contribution in [0.5, 0.6) is 0 Å². The van der Waals surface area contributed by atoms with Crippen molar-refractivity contribution in [2.75, 3.05) is 0 Å². The van der Waals surface area contributed by atoms with E-state index in [1.807, 2.05) is 12.1 Å². The highest BCUT2D eigenvalue weighted by Gasteiger charge is 2.42. The second-order valence-electron chi connectivity index (χ2n) is 14.6. The summed E-state index contributed by atoms with van der Waals surface area (Å²) in [6.07, 6.45) is 1.86. The molecule has 302 valence electrons. The highest BCUT2D eigenvalue weighted by molar-refractivity contribution is 9.10. The van der Waals surface area contributed by atoms with Crippen molar-refractivity contribution in [1.29, 1.82) is 5.26 Å². The van der Waals surface area contributed by atoms with E-state index in [4.69, 9.17) is 11.0 Å². The molecule has 3 fully saturated rings. The van der Waals surface area contributed by atoms with Gasteiger partial charge in [0, 0.05) is 72.2 Å². The van der Waals surface area contributed by atoms with Crippen LogP contribution in [0.3, 0.4) is 0 Å². The molecule has 3 aromatic carbocycles. The average molecular weight is 866 g/mol. The molecule has 0 spiro atoms. The molecule has 6 heterocycles. The van der Waals surface area contributed by atoms with E-state index in [2.05, 4.69) is 37.9 Å². The highest BCUT2D eigenvalue weighted by Crippen LogP contribution is 2.33. The van der Waals surface area contributed by atoms with Crippen LogP contribution >= 0.6 is 15.9 Å². The minimum absolute atomic E-state index is 0.147. The summed E-state index contributed by atoms with van der Waals surface area (Å²) in [5.41, 5.74) is 11.2. The van der Waals surface area contributed by atoms with Gasteiger partial charge in [0.15, 0.2) is 0 Å². The van der Waals surface area contributed by atoms with Crippen molar-refractivity contribution in [3.05, 3.63) is 104 Å². The Morgan fingerprint density at radius 1 is 0.576 bits per heavy atom. The van der Waals surface area contributed by atoms with E-state index in [9.17, 15) is 43.2 Å². The van der Waals surface area contributed by atoms with Crippen molar-refractivity contribution in [2.45, 2.75) is 82.8 Å². The molecular formula is C41H37BrN8O9. The molecule has 0 aromatic heterocycles. The summed E-state index contributed by atoms with van der Waals surface area (Å²) in [6.45, 7) is 1.39. The third kappa shape index (κ3) is 7.86. The van der Waals surface area contributed by atoms with Crippen LogP contribution in [0.1, 0.15) is 97.4 Å². The van der Waals surface area contributed by atoms with E-state index >= 15 is 0 Å². The molecular weight excluding hydrogens is 828 g/mol. The molecule has 17 nitrogen and oxygen atoms in total. The largest absolute Gasteiger partial charge is 0.326 e. The van der Waals surface area contributed by atoms with Gasteiger partial charge in [0.05, 0.1) is 11.6 Å². The summed E-state index contributed by atoms with van der Waals surface area (Å²) < 4.78 is 0.869. The van der Waals surface area contributed by atoms with E-state index in [0.717, 1.165) is 21.2 Å². The predicted molar refractivity (Wildman–Crippen MR) is 208 cm³/mol. The molecule has 6 aliphatic rings. The predicted octanol–water partition coefficient (Wildman–Crippen LogP) is 1.44. The summed E-state index contributed by atoms with van der Waals surface area (Å²) in [5, 5.41) is 15.9. The number of piperidine rings is 3.